The Morgan fingerprint density at radius 1 is 1.14 bits per heavy atom. The van der Waals surface area contributed by atoms with Crippen LogP contribution in [-0.2, 0) is 25.9 Å². The summed E-state index contributed by atoms with van der Waals surface area (Å²) >= 11 is 0. The van der Waals surface area contributed by atoms with Crippen LogP contribution >= 0.6 is 24.0 Å². The van der Waals surface area contributed by atoms with Crippen molar-refractivity contribution in [3.05, 3.63) is 46.8 Å². The van der Waals surface area contributed by atoms with Crippen LogP contribution in [0.5, 0.6) is 5.75 Å². The molecule has 0 saturated carbocycles. The van der Waals surface area contributed by atoms with Crippen LogP contribution in [0.2, 0.25) is 0 Å². The molecule has 0 aliphatic rings. The number of rotatable bonds is 10. The van der Waals surface area contributed by atoms with E-state index >= 15 is 0 Å². The van der Waals surface area contributed by atoms with Crippen LogP contribution in [0.15, 0.2) is 33.8 Å². The predicted molar refractivity (Wildman–Crippen MR) is 128 cm³/mol. The summed E-state index contributed by atoms with van der Waals surface area (Å²) in [4.78, 5) is 6.43. The van der Waals surface area contributed by atoms with Crippen LogP contribution in [0.25, 0.3) is 0 Å². The average Bonchev–Trinajstić information content (AvgIpc) is 3.10. The van der Waals surface area contributed by atoms with Crippen molar-refractivity contribution in [2.45, 2.75) is 39.8 Å². The van der Waals surface area contributed by atoms with Gasteiger partial charge in [0, 0.05) is 44.2 Å². The van der Waals surface area contributed by atoms with E-state index in [1.807, 2.05) is 32.3 Å². The third-order valence-electron chi connectivity index (χ3n) is 4.48. The Hall–Kier alpha value is -1.81. The SMILES string of the molecule is CCc1noc(CC)c1CNC(=NC)NCc1ccccc1OCCN(C)C.I. The number of likely N-dealkylation sites (N-methyl/N-ethyl adjacent to an activating group) is 1. The summed E-state index contributed by atoms with van der Waals surface area (Å²) in [5.74, 6) is 2.56. The molecule has 7 nitrogen and oxygen atoms in total. The molecule has 2 N–H and O–H groups in total. The van der Waals surface area contributed by atoms with E-state index in [4.69, 9.17) is 9.26 Å². The largest absolute Gasteiger partial charge is 0.492 e. The number of ether oxygens (including phenoxy) is 1. The third kappa shape index (κ3) is 7.85. The first kappa shape index (κ1) is 25.2. The number of hydrogen-bond acceptors (Lipinski definition) is 5. The second kappa shape index (κ2) is 13.4. The molecule has 162 valence electrons. The summed E-state index contributed by atoms with van der Waals surface area (Å²) in [7, 11) is 5.84. The van der Waals surface area contributed by atoms with Crippen LogP contribution < -0.4 is 15.4 Å². The molecule has 1 aromatic carbocycles. The molecular weight excluding hydrogens is 481 g/mol. The fraction of sp³-hybridized carbons (Fsp3) is 0.524. The molecule has 2 rings (SSSR count). The second-order valence-corrected chi connectivity index (χ2v) is 6.78. The summed E-state index contributed by atoms with van der Waals surface area (Å²) in [6, 6.07) is 8.08. The summed E-state index contributed by atoms with van der Waals surface area (Å²) in [5.41, 5.74) is 3.22. The van der Waals surface area contributed by atoms with Crippen molar-refractivity contribution in [1.29, 1.82) is 0 Å². The first-order chi connectivity index (χ1) is 13.6. The Bertz CT molecular complexity index is 740. The third-order valence-corrected chi connectivity index (χ3v) is 4.48. The number of aliphatic imine (C=N–C) groups is 1. The van der Waals surface area contributed by atoms with Crippen molar-refractivity contribution in [3.63, 3.8) is 0 Å². The molecule has 0 bridgehead atoms. The van der Waals surface area contributed by atoms with Crippen LogP contribution in [0.3, 0.4) is 0 Å². The Morgan fingerprint density at radius 2 is 1.86 bits per heavy atom. The number of halogens is 1. The van der Waals surface area contributed by atoms with Gasteiger partial charge < -0.3 is 24.8 Å². The van der Waals surface area contributed by atoms with Crippen molar-refractivity contribution in [1.82, 2.24) is 20.7 Å². The van der Waals surface area contributed by atoms with Gasteiger partial charge in [0.1, 0.15) is 18.1 Å². The molecule has 0 amide bonds. The first-order valence-electron chi connectivity index (χ1n) is 9.85. The molecule has 0 radical (unpaired) electrons. The van der Waals surface area contributed by atoms with E-state index in [9.17, 15) is 0 Å². The van der Waals surface area contributed by atoms with Crippen LogP contribution in [0, 0.1) is 0 Å². The molecule has 0 aliphatic heterocycles. The first-order valence-corrected chi connectivity index (χ1v) is 9.85. The van der Waals surface area contributed by atoms with Gasteiger partial charge in [0.05, 0.1) is 5.69 Å². The highest BCUT2D eigenvalue weighted by Gasteiger charge is 2.13. The monoisotopic (exact) mass is 515 g/mol. The minimum Gasteiger partial charge on any atom is -0.492 e. The normalized spacial score (nSPS) is 11.3. The number of aryl methyl sites for hydroxylation is 2. The van der Waals surface area contributed by atoms with Crippen molar-refractivity contribution in [2.24, 2.45) is 4.99 Å². The predicted octanol–water partition coefficient (Wildman–Crippen LogP) is 3.22. The minimum atomic E-state index is 0. The minimum absolute atomic E-state index is 0. The highest BCUT2D eigenvalue weighted by molar-refractivity contribution is 14.0. The van der Waals surface area contributed by atoms with E-state index in [1.54, 1.807) is 7.05 Å². The lowest BCUT2D eigenvalue weighted by molar-refractivity contribution is 0.259. The lowest BCUT2D eigenvalue weighted by atomic mass is 10.1. The Morgan fingerprint density at radius 3 is 2.52 bits per heavy atom. The van der Waals surface area contributed by atoms with Gasteiger partial charge in [-0.25, -0.2) is 0 Å². The van der Waals surface area contributed by atoms with Gasteiger partial charge in [-0.15, -0.1) is 24.0 Å². The molecule has 8 heteroatoms. The van der Waals surface area contributed by atoms with Gasteiger partial charge >= 0.3 is 0 Å². The maximum absolute atomic E-state index is 5.93. The van der Waals surface area contributed by atoms with E-state index in [0.29, 0.717) is 19.7 Å². The van der Waals surface area contributed by atoms with E-state index in [0.717, 1.165) is 53.7 Å². The maximum atomic E-state index is 5.93. The fourth-order valence-corrected chi connectivity index (χ4v) is 2.84. The molecule has 29 heavy (non-hydrogen) atoms. The average molecular weight is 515 g/mol. The van der Waals surface area contributed by atoms with Gasteiger partial charge in [0.15, 0.2) is 5.96 Å². The standard InChI is InChI=1S/C21H33N5O2.HI/c1-6-18-17(19(7-2)28-25-18)15-24-21(22-3)23-14-16-10-8-9-11-20(16)27-13-12-26(4)5;/h8-11H,6-7,12-15H2,1-5H3,(H2,22,23,24);1H. The van der Waals surface area contributed by atoms with E-state index < -0.39 is 0 Å². The molecular formula is C21H34IN5O2. The fourth-order valence-electron chi connectivity index (χ4n) is 2.84. The topological polar surface area (TPSA) is 74.9 Å². The van der Waals surface area contributed by atoms with Gasteiger partial charge in [-0.1, -0.05) is 37.2 Å². The second-order valence-electron chi connectivity index (χ2n) is 6.78. The molecule has 0 aliphatic carbocycles. The van der Waals surface area contributed by atoms with E-state index in [1.165, 1.54) is 0 Å². The zero-order chi connectivity index (χ0) is 20.4. The smallest absolute Gasteiger partial charge is 0.191 e. The van der Waals surface area contributed by atoms with Crippen LogP contribution in [-0.4, -0.2) is 50.3 Å². The highest BCUT2D eigenvalue weighted by Crippen LogP contribution is 2.18. The number of hydrogen-bond donors (Lipinski definition) is 2. The molecule has 0 unspecified atom stereocenters. The molecule has 0 atom stereocenters. The molecule has 2 aromatic rings. The zero-order valence-corrected chi connectivity index (χ0v) is 20.4. The van der Waals surface area contributed by atoms with Gasteiger partial charge in [-0.05, 0) is 26.6 Å². The Balaban J connectivity index is 0.00000420. The highest BCUT2D eigenvalue weighted by atomic mass is 127. The maximum Gasteiger partial charge on any atom is 0.191 e. The summed E-state index contributed by atoms with van der Waals surface area (Å²) in [5, 5.41) is 10.9. The van der Waals surface area contributed by atoms with Crippen molar-refractivity contribution < 1.29 is 9.26 Å². The van der Waals surface area contributed by atoms with Crippen molar-refractivity contribution >= 4 is 29.9 Å². The Kier molecular flexibility index (Phi) is 11.7. The van der Waals surface area contributed by atoms with Crippen molar-refractivity contribution in [3.8, 4) is 5.75 Å². The number of nitrogens with one attached hydrogen (secondary N) is 2. The van der Waals surface area contributed by atoms with Gasteiger partial charge in [0.25, 0.3) is 0 Å². The van der Waals surface area contributed by atoms with Gasteiger partial charge in [-0.3, -0.25) is 4.99 Å². The van der Waals surface area contributed by atoms with Gasteiger partial charge in [-0.2, -0.15) is 0 Å². The summed E-state index contributed by atoms with van der Waals surface area (Å²) < 4.78 is 11.4. The summed E-state index contributed by atoms with van der Waals surface area (Å²) in [6.07, 6.45) is 1.68. The van der Waals surface area contributed by atoms with Crippen LogP contribution in [0.4, 0.5) is 0 Å². The number of nitrogens with zero attached hydrogens (tertiary/aromatic N) is 3. The number of para-hydroxylation sites is 1. The molecule has 1 heterocycles. The van der Waals surface area contributed by atoms with E-state index in [-0.39, 0.29) is 24.0 Å². The van der Waals surface area contributed by atoms with E-state index in [2.05, 4.69) is 45.6 Å². The lowest BCUT2D eigenvalue weighted by Crippen LogP contribution is -2.36. The molecule has 1 aromatic heterocycles. The molecule has 0 fully saturated rings. The number of guanidine groups is 1. The quantitative estimate of drug-likeness (QED) is 0.288. The number of aromatic nitrogens is 1. The molecule has 0 saturated heterocycles. The summed E-state index contributed by atoms with van der Waals surface area (Å²) in [6.45, 7) is 6.96. The van der Waals surface area contributed by atoms with Gasteiger partial charge in [0.2, 0.25) is 0 Å². The van der Waals surface area contributed by atoms with Crippen LogP contribution in [0.1, 0.15) is 36.4 Å². The zero-order valence-electron chi connectivity index (χ0n) is 18.1. The Labute approximate surface area is 191 Å². The number of benzene rings is 1. The lowest BCUT2D eigenvalue weighted by Gasteiger charge is -2.16. The molecule has 0 spiro atoms. The van der Waals surface area contributed by atoms with Crippen molar-refractivity contribution in [2.75, 3.05) is 34.3 Å².